The molecular formula is C15H12F2N2O. The molecule has 1 N–H and O–H groups in total. The van der Waals surface area contributed by atoms with E-state index in [1.54, 1.807) is 10.7 Å². The minimum Gasteiger partial charge on any atom is -0.388 e. The number of halogens is 2. The summed E-state index contributed by atoms with van der Waals surface area (Å²) >= 11 is 0. The van der Waals surface area contributed by atoms with Gasteiger partial charge in [-0.1, -0.05) is 6.07 Å². The van der Waals surface area contributed by atoms with Gasteiger partial charge in [-0.05, 0) is 35.9 Å². The summed E-state index contributed by atoms with van der Waals surface area (Å²) in [6, 6.07) is 8.68. The van der Waals surface area contributed by atoms with Crippen LogP contribution in [0.3, 0.4) is 0 Å². The van der Waals surface area contributed by atoms with E-state index in [9.17, 15) is 13.9 Å². The van der Waals surface area contributed by atoms with E-state index in [0.29, 0.717) is 5.56 Å². The molecule has 20 heavy (non-hydrogen) atoms. The molecule has 1 atom stereocenters. The largest absolute Gasteiger partial charge is 0.388 e. The summed E-state index contributed by atoms with van der Waals surface area (Å²) in [5.41, 5.74) is 1.49. The Hall–Kier alpha value is -2.27. The Morgan fingerprint density at radius 2 is 2.05 bits per heavy atom. The molecule has 0 saturated heterocycles. The molecule has 0 bridgehead atoms. The average Bonchev–Trinajstić information content (AvgIpc) is 2.87. The summed E-state index contributed by atoms with van der Waals surface area (Å²) in [6.45, 7) is 0. The molecule has 1 unspecified atom stereocenters. The van der Waals surface area contributed by atoms with Gasteiger partial charge in [0.25, 0.3) is 0 Å². The summed E-state index contributed by atoms with van der Waals surface area (Å²) < 4.78 is 28.3. The fourth-order valence-corrected chi connectivity index (χ4v) is 2.23. The van der Waals surface area contributed by atoms with Crippen LogP contribution in [-0.2, 0) is 6.42 Å². The maximum atomic E-state index is 13.6. The lowest BCUT2D eigenvalue weighted by molar-refractivity contribution is 0.178. The molecule has 3 rings (SSSR count). The second-order valence-corrected chi connectivity index (χ2v) is 4.59. The molecule has 2 aromatic heterocycles. The van der Waals surface area contributed by atoms with Crippen molar-refractivity contribution in [1.82, 2.24) is 9.61 Å². The zero-order chi connectivity index (χ0) is 14.1. The number of aromatic nitrogens is 2. The molecule has 0 aliphatic rings. The van der Waals surface area contributed by atoms with Gasteiger partial charge in [0.15, 0.2) is 0 Å². The Morgan fingerprint density at radius 3 is 2.90 bits per heavy atom. The zero-order valence-corrected chi connectivity index (χ0v) is 10.5. The Morgan fingerprint density at radius 1 is 1.20 bits per heavy atom. The number of aliphatic hydroxyl groups is 1. The molecule has 3 aromatic rings. The minimum absolute atomic E-state index is 0.000158. The van der Waals surface area contributed by atoms with Gasteiger partial charge in [0, 0.05) is 18.2 Å². The highest BCUT2D eigenvalue weighted by molar-refractivity contribution is 5.54. The highest BCUT2D eigenvalue weighted by Crippen LogP contribution is 2.24. The zero-order valence-electron chi connectivity index (χ0n) is 10.5. The SMILES string of the molecule is OC(Cc1cc(F)ccc1F)c1cnn2ccccc12. The van der Waals surface area contributed by atoms with Gasteiger partial charge in [0.2, 0.25) is 0 Å². The van der Waals surface area contributed by atoms with Crippen LogP contribution in [0.4, 0.5) is 8.78 Å². The van der Waals surface area contributed by atoms with Gasteiger partial charge < -0.3 is 5.11 Å². The minimum atomic E-state index is -0.939. The molecule has 0 saturated carbocycles. The van der Waals surface area contributed by atoms with Crippen molar-refractivity contribution in [3.8, 4) is 0 Å². The lowest BCUT2D eigenvalue weighted by atomic mass is 10.0. The molecule has 3 nitrogen and oxygen atoms in total. The van der Waals surface area contributed by atoms with Crippen molar-refractivity contribution in [1.29, 1.82) is 0 Å². The van der Waals surface area contributed by atoms with Crippen molar-refractivity contribution < 1.29 is 13.9 Å². The summed E-state index contributed by atoms with van der Waals surface area (Å²) in [6.07, 6.45) is 2.36. The third kappa shape index (κ3) is 2.28. The molecule has 2 heterocycles. The second kappa shape index (κ2) is 5.02. The Bertz CT molecular complexity index is 754. The molecule has 0 fully saturated rings. The first kappa shape index (κ1) is 12.7. The number of pyridine rings is 1. The van der Waals surface area contributed by atoms with Crippen LogP contribution >= 0.6 is 0 Å². The fourth-order valence-electron chi connectivity index (χ4n) is 2.23. The van der Waals surface area contributed by atoms with Crippen LogP contribution in [-0.4, -0.2) is 14.7 Å². The predicted molar refractivity (Wildman–Crippen MR) is 70.2 cm³/mol. The van der Waals surface area contributed by atoms with E-state index >= 15 is 0 Å². The van der Waals surface area contributed by atoms with Gasteiger partial charge in [0.1, 0.15) is 11.6 Å². The van der Waals surface area contributed by atoms with Crippen molar-refractivity contribution >= 4 is 5.52 Å². The summed E-state index contributed by atoms with van der Waals surface area (Å²) in [4.78, 5) is 0. The monoisotopic (exact) mass is 274 g/mol. The van der Waals surface area contributed by atoms with Crippen molar-refractivity contribution in [3.63, 3.8) is 0 Å². The van der Waals surface area contributed by atoms with Gasteiger partial charge in [-0.3, -0.25) is 0 Å². The number of fused-ring (bicyclic) bond motifs is 1. The van der Waals surface area contributed by atoms with Crippen LogP contribution < -0.4 is 0 Å². The van der Waals surface area contributed by atoms with E-state index in [0.717, 1.165) is 23.7 Å². The van der Waals surface area contributed by atoms with Crippen molar-refractivity contribution in [3.05, 3.63) is 71.6 Å². The number of aliphatic hydroxyl groups excluding tert-OH is 1. The Balaban J connectivity index is 1.93. The first-order valence-electron chi connectivity index (χ1n) is 6.19. The first-order chi connectivity index (χ1) is 9.65. The maximum Gasteiger partial charge on any atom is 0.126 e. The smallest absolute Gasteiger partial charge is 0.126 e. The van der Waals surface area contributed by atoms with E-state index < -0.39 is 17.7 Å². The average molecular weight is 274 g/mol. The maximum absolute atomic E-state index is 13.6. The molecule has 0 radical (unpaired) electrons. The molecule has 0 aliphatic carbocycles. The van der Waals surface area contributed by atoms with Crippen molar-refractivity contribution in [2.75, 3.05) is 0 Å². The third-order valence-electron chi connectivity index (χ3n) is 3.24. The first-order valence-corrected chi connectivity index (χ1v) is 6.19. The summed E-state index contributed by atoms with van der Waals surface area (Å²) in [5.74, 6) is -1.05. The van der Waals surface area contributed by atoms with Crippen molar-refractivity contribution in [2.24, 2.45) is 0 Å². The number of hydrogen-bond donors (Lipinski definition) is 1. The van der Waals surface area contributed by atoms with E-state index in [-0.39, 0.29) is 12.0 Å². The van der Waals surface area contributed by atoms with E-state index in [1.807, 2.05) is 18.2 Å². The molecular weight excluding hydrogens is 262 g/mol. The van der Waals surface area contributed by atoms with Crippen LogP contribution in [0, 0.1) is 11.6 Å². The van der Waals surface area contributed by atoms with Gasteiger partial charge in [-0.25, -0.2) is 13.3 Å². The van der Waals surface area contributed by atoms with E-state index in [2.05, 4.69) is 5.10 Å². The normalized spacial score (nSPS) is 12.8. The topological polar surface area (TPSA) is 37.5 Å². The fraction of sp³-hybridized carbons (Fsp3) is 0.133. The predicted octanol–water partition coefficient (Wildman–Crippen LogP) is 2.89. The van der Waals surface area contributed by atoms with Gasteiger partial charge in [0.05, 0.1) is 17.8 Å². The van der Waals surface area contributed by atoms with Gasteiger partial charge in [-0.2, -0.15) is 5.10 Å². The van der Waals surface area contributed by atoms with Gasteiger partial charge >= 0.3 is 0 Å². The molecule has 102 valence electrons. The highest BCUT2D eigenvalue weighted by Gasteiger charge is 2.16. The van der Waals surface area contributed by atoms with Crippen LogP contribution in [0.25, 0.3) is 5.52 Å². The molecule has 1 aromatic carbocycles. The van der Waals surface area contributed by atoms with Crippen LogP contribution in [0.2, 0.25) is 0 Å². The molecule has 5 heteroatoms. The second-order valence-electron chi connectivity index (χ2n) is 4.59. The standard InChI is InChI=1S/C15H12F2N2O/c16-11-4-5-13(17)10(7-11)8-15(20)12-9-18-19-6-2-1-3-14(12)19/h1-7,9,15,20H,8H2. The van der Waals surface area contributed by atoms with E-state index in [4.69, 9.17) is 0 Å². The number of nitrogens with zero attached hydrogens (tertiary/aromatic N) is 2. The Kier molecular flexibility index (Phi) is 3.20. The molecule has 0 spiro atoms. The lowest BCUT2D eigenvalue weighted by Gasteiger charge is -2.10. The van der Waals surface area contributed by atoms with Crippen LogP contribution in [0.5, 0.6) is 0 Å². The van der Waals surface area contributed by atoms with Crippen molar-refractivity contribution in [2.45, 2.75) is 12.5 Å². The number of hydrogen-bond acceptors (Lipinski definition) is 2. The lowest BCUT2D eigenvalue weighted by Crippen LogP contribution is -2.04. The number of benzene rings is 1. The molecule has 0 amide bonds. The summed E-state index contributed by atoms with van der Waals surface area (Å²) in [7, 11) is 0. The van der Waals surface area contributed by atoms with Crippen LogP contribution in [0.15, 0.2) is 48.8 Å². The Labute approximate surface area is 114 Å². The highest BCUT2D eigenvalue weighted by atomic mass is 19.1. The summed E-state index contributed by atoms with van der Waals surface area (Å²) in [5, 5.41) is 14.3. The van der Waals surface area contributed by atoms with Gasteiger partial charge in [-0.15, -0.1) is 0 Å². The quantitative estimate of drug-likeness (QED) is 0.797. The van der Waals surface area contributed by atoms with Crippen LogP contribution in [0.1, 0.15) is 17.2 Å². The number of rotatable bonds is 3. The third-order valence-corrected chi connectivity index (χ3v) is 3.24. The molecule has 0 aliphatic heterocycles. The van der Waals surface area contributed by atoms with E-state index in [1.165, 1.54) is 6.20 Å².